The molecule has 0 saturated carbocycles. The Hall–Kier alpha value is -1.58. The molecular weight excluding hydrogens is 289 g/mol. The minimum absolute atomic E-state index is 0.159. The molecule has 2 aromatic carbocycles. The van der Waals surface area contributed by atoms with E-state index >= 15 is 0 Å². The summed E-state index contributed by atoms with van der Waals surface area (Å²) in [6, 6.07) is 12.3. The van der Waals surface area contributed by atoms with Gasteiger partial charge in [0.1, 0.15) is 18.2 Å². The van der Waals surface area contributed by atoms with Crippen LogP contribution in [-0.4, -0.2) is 6.04 Å². The standard InChI is InChI=1S/C17H19ClFNO/c1-2-15(20)8-12-4-3-5-16(9-12)21-11-13-6-7-14(19)10-17(13)18/h3-7,9-10,15H,2,8,11,20H2,1H3. The molecule has 2 rings (SSSR count). The fraction of sp³-hybridized carbons (Fsp3) is 0.294. The van der Waals surface area contributed by atoms with Crippen LogP contribution in [0.3, 0.4) is 0 Å². The first-order chi connectivity index (χ1) is 10.1. The molecular formula is C17H19ClFNO. The van der Waals surface area contributed by atoms with Crippen molar-refractivity contribution in [2.24, 2.45) is 5.73 Å². The quantitative estimate of drug-likeness (QED) is 0.861. The highest BCUT2D eigenvalue weighted by Crippen LogP contribution is 2.21. The fourth-order valence-electron chi connectivity index (χ4n) is 2.01. The molecule has 0 heterocycles. The summed E-state index contributed by atoms with van der Waals surface area (Å²) in [6.07, 6.45) is 1.77. The molecule has 4 heteroatoms. The van der Waals surface area contributed by atoms with E-state index in [1.165, 1.54) is 12.1 Å². The Labute approximate surface area is 129 Å². The molecule has 2 aromatic rings. The van der Waals surface area contributed by atoms with Gasteiger partial charge in [-0.25, -0.2) is 4.39 Å². The first-order valence-electron chi connectivity index (χ1n) is 6.99. The number of nitrogens with two attached hydrogens (primary N) is 1. The van der Waals surface area contributed by atoms with E-state index in [1.54, 1.807) is 6.07 Å². The maximum atomic E-state index is 13.0. The van der Waals surface area contributed by atoms with E-state index in [2.05, 4.69) is 6.92 Å². The van der Waals surface area contributed by atoms with Crippen molar-refractivity contribution in [2.75, 3.05) is 0 Å². The van der Waals surface area contributed by atoms with Crippen molar-refractivity contribution in [3.8, 4) is 5.75 Å². The zero-order valence-electron chi connectivity index (χ0n) is 12.0. The highest BCUT2D eigenvalue weighted by molar-refractivity contribution is 6.31. The van der Waals surface area contributed by atoms with Gasteiger partial charge in [-0.3, -0.25) is 0 Å². The number of halogens is 2. The molecule has 0 aliphatic heterocycles. The van der Waals surface area contributed by atoms with E-state index in [0.717, 1.165) is 29.7 Å². The molecule has 112 valence electrons. The summed E-state index contributed by atoms with van der Waals surface area (Å²) >= 11 is 5.98. The lowest BCUT2D eigenvalue weighted by Crippen LogP contribution is -2.21. The van der Waals surface area contributed by atoms with Crippen LogP contribution in [0.2, 0.25) is 5.02 Å². The van der Waals surface area contributed by atoms with Crippen LogP contribution in [0, 0.1) is 5.82 Å². The van der Waals surface area contributed by atoms with Crippen LogP contribution in [-0.2, 0) is 13.0 Å². The van der Waals surface area contributed by atoms with Crippen molar-refractivity contribution < 1.29 is 9.13 Å². The average molecular weight is 308 g/mol. The lowest BCUT2D eigenvalue weighted by molar-refractivity contribution is 0.306. The number of hydrogen-bond acceptors (Lipinski definition) is 2. The summed E-state index contributed by atoms with van der Waals surface area (Å²) in [6.45, 7) is 2.38. The van der Waals surface area contributed by atoms with Crippen LogP contribution in [0.5, 0.6) is 5.75 Å². The molecule has 1 unspecified atom stereocenters. The molecule has 2 N–H and O–H groups in total. The molecule has 0 aliphatic carbocycles. The Morgan fingerprint density at radius 1 is 1.24 bits per heavy atom. The minimum atomic E-state index is -0.348. The molecule has 1 atom stereocenters. The molecule has 0 bridgehead atoms. The Morgan fingerprint density at radius 2 is 2.05 bits per heavy atom. The third kappa shape index (κ3) is 4.73. The van der Waals surface area contributed by atoms with E-state index < -0.39 is 0 Å². The van der Waals surface area contributed by atoms with Crippen LogP contribution >= 0.6 is 11.6 Å². The lowest BCUT2D eigenvalue weighted by Gasteiger charge is -2.11. The second-order valence-corrected chi connectivity index (χ2v) is 5.45. The summed E-state index contributed by atoms with van der Waals surface area (Å²) in [4.78, 5) is 0. The third-order valence-corrected chi connectivity index (χ3v) is 3.68. The molecule has 0 fully saturated rings. The van der Waals surface area contributed by atoms with Crippen molar-refractivity contribution in [3.05, 3.63) is 64.4 Å². The van der Waals surface area contributed by atoms with Crippen LogP contribution in [0.25, 0.3) is 0 Å². The highest BCUT2D eigenvalue weighted by Gasteiger charge is 2.05. The van der Waals surface area contributed by atoms with Gasteiger partial charge in [-0.05, 0) is 42.7 Å². The molecule has 0 aromatic heterocycles. The first-order valence-corrected chi connectivity index (χ1v) is 7.37. The van der Waals surface area contributed by atoms with Gasteiger partial charge in [0.2, 0.25) is 0 Å². The second-order valence-electron chi connectivity index (χ2n) is 5.04. The monoisotopic (exact) mass is 307 g/mol. The van der Waals surface area contributed by atoms with Gasteiger partial charge in [-0.2, -0.15) is 0 Å². The number of rotatable bonds is 6. The number of ether oxygens (including phenoxy) is 1. The Morgan fingerprint density at radius 3 is 2.76 bits per heavy atom. The predicted molar refractivity (Wildman–Crippen MR) is 84.2 cm³/mol. The van der Waals surface area contributed by atoms with Gasteiger partial charge >= 0.3 is 0 Å². The van der Waals surface area contributed by atoms with E-state index in [1.807, 2.05) is 24.3 Å². The molecule has 0 amide bonds. The maximum absolute atomic E-state index is 13.0. The molecule has 0 aliphatic rings. The van der Waals surface area contributed by atoms with Gasteiger partial charge in [0.25, 0.3) is 0 Å². The van der Waals surface area contributed by atoms with Gasteiger partial charge in [0, 0.05) is 11.6 Å². The van der Waals surface area contributed by atoms with Gasteiger partial charge in [-0.15, -0.1) is 0 Å². The topological polar surface area (TPSA) is 35.2 Å². The minimum Gasteiger partial charge on any atom is -0.489 e. The Balaban J connectivity index is 2.01. The number of hydrogen-bond donors (Lipinski definition) is 1. The highest BCUT2D eigenvalue weighted by atomic mass is 35.5. The smallest absolute Gasteiger partial charge is 0.124 e. The van der Waals surface area contributed by atoms with Crippen molar-refractivity contribution >= 4 is 11.6 Å². The number of benzene rings is 2. The molecule has 0 saturated heterocycles. The van der Waals surface area contributed by atoms with Crippen molar-refractivity contribution in [2.45, 2.75) is 32.4 Å². The van der Waals surface area contributed by atoms with E-state index in [0.29, 0.717) is 11.6 Å². The molecule has 0 spiro atoms. The summed E-state index contributed by atoms with van der Waals surface area (Å²) in [5, 5.41) is 0.374. The van der Waals surface area contributed by atoms with Gasteiger partial charge in [0.15, 0.2) is 0 Å². The molecule has 2 nitrogen and oxygen atoms in total. The molecule has 21 heavy (non-hydrogen) atoms. The normalized spacial score (nSPS) is 12.2. The third-order valence-electron chi connectivity index (χ3n) is 3.33. The summed E-state index contributed by atoms with van der Waals surface area (Å²) in [5.74, 6) is 0.412. The van der Waals surface area contributed by atoms with Crippen molar-refractivity contribution in [3.63, 3.8) is 0 Å². The average Bonchev–Trinajstić information content (AvgIpc) is 2.46. The van der Waals surface area contributed by atoms with Gasteiger partial charge < -0.3 is 10.5 Å². The van der Waals surface area contributed by atoms with E-state index in [4.69, 9.17) is 22.1 Å². The van der Waals surface area contributed by atoms with Crippen molar-refractivity contribution in [1.29, 1.82) is 0 Å². The van der Waals surface area contributed by atoms with Crippen LogP contribution in [0.15, 0.2) is 42.5 Å². The molecule has 0 radical (unpaired) electrons. The van der Waals surface area contributed by atoms with Crippen molar-refractivity contribution in [1.82, 2.24) is 0 Å². The lowest BCUT2D eigenvalue weighted by atomic mass is 10.0. The van der Waals surface area contributed by atoms with Gasteiger partial charge in [-0.1, -0.05) is 36.7 Å². The largest absolute Gasteiger partial charge is 0.489 e. The maximum Gasteiger partial charge on any atom is 0.124 e. The zero-order valence-corrected chi connectivity index (χ0v) is 12.7. The SMILES string of the molecule is CCC(N)Cc1cccc(OCc2ccc(F)cc2Cl)c1. The first kappa shape index (κ1) is 15.8. The van der Waals surface area contributed by atoms with Gasteiger partial charge in [0.05, 0.1) is 5.02 Å². The van der Waals surface area contributed by atoms with Crippen LogP contribution < -0.4 is 10.5 Å². The zero-order chi connectivity index (χ0) is 15.2. The summed E-state index contributed by atoms with van der Waals surface area (Å²) in [5.41, 5.74) is 7.86. The summed E-state index contributed by atoms with van der Waals surface area (Å²) < 4.78 is 18.7. The fourth-order valence-corrected chi connectivity index (χ4v) is 2.23. The predicted octanol–water partition coefficient (Wildman–Crippen LogP) is 4.34. The Kier molecular flexibility index (Phi) is 5.59. The van der Waals surface area contributed by atoms with Crippen LogP contribution in [0.4, 0.5) is 4.39 Å². The van der Waals surface area contributed by atoms with E-state index in [9.17, 15) is 4.39 Å². The van der Waals surface area contributed by atoms with Crippen LogP contribution in [0.1, 0.15) is 24.5 Å². The van der Waals surface area contributed by atoms with E-state index in [-0.39, 0.29) is 11.9 Å². The second kappa shape index (κ2) is 7.43. The Bertz CT molecular complexity index is 603. The summed E-state index contributed by atoms with van der Waals surface area (Å²) in [7, 11) is 0.